The summed E-state index contributed by atoms with van der Waals surface area (Å²) in [7, 11) is 0. The number of hydrogen-bond acceptors (Lipinski definition) is 2. The average Bonchev–Trinajstić information content (AvgIpc) is 2.47. The van der Waals surface area contributed by atoms with Crippen LogP contribution in [0.5, 0.6) is 0 Å². The van der Waals surface area contributed by atoms with Gasteiger partial charge in [0, 0.05) is 16.3 Å². The fourth-order valence-electron chi connectivity index (χ4n) is 1.41. The first-order valence-corrected chi connectivity index (χ1v) is 5.74. The Balaban J connectivity index is 2.53. The minimum atomic E-state index is 0.203. The van der Waals surface area contributed by atoms with E-state index in [9.17, 15) is 0 Å². The van der Waals surface area contributed by atoms with E-state index in [1.807, 2.05) is 11.3 Å². The van der Waals surface area contributed by atoms with Crippen LogP contribution in [0, 0.1) is 26.2 Å². The van der Waals surface area contributed by atoms with Crippen LogP contribution >= 0.6 is 11.3 Å². The molecule has 0 aliphatic carbocycles. The van der Waals surface area contributed by atoms with E-state index in [0.717, 1.165) is 13.0 Å². The molecule has 0 amide bonds. The molecule has 1 nitrogen and oxygen atoms in total. The third kappa shape index (κ3) is 2.87. The van der Waals surface area contributed by atoms with E-state index in [2.05, 4.69) is 38.1 Å². The van der Waals surface area contributed by atoms with Crippen molar-refractivity contribution in [1.82, 2.24) is 5.32 Å². The van der Waals surface area contributed by atoms with Gasteiger partial charge < -0.3 is 0 Å². The van der Waals surface area contributed by atoms with E-state index in [-0.39, 0.29) is 6.04 Å². The monoisotopic (exact) mass is 207 g/mol. The molecular formula is C12H17NS. The Bertz CT molecular complexity index is 333. The first kappa shape index (κ1) is 11.3. The van der Waals surface area contributed by atoms with Crippen LogP contribution < -0.4 is 5.32 Å². The largest absolute Gasteiger partial charge is 0.300 e. The molecule has 0 saturated heterocycles. The zero-order valence-corrected chi connectivity index (χ0v) is 9.87. The van der Waals surface area contributed by atoms with Gasteiger partial charge in [-0.1, -0.05) is 12.8 Å². The van der Waals surface area contributed by atoms with Crippen molar-refractivity contribution in [1.29, 1.82) is 0 Å². The lowest BCUT2D eigenvalue weighted by atomic mass is 10.2. The van der Waals surface area contributed by atoms with Crippen molar-refractivity contribution in [3.8, 4) is 12.3 Å². The summed E-state index contributed by atoms with van der Waals surface area (Å²) < 4.78 is 0. The molecule has 1 aromatic heterocycles. The van der Waals surface area contributed by atoms with Crippen LogP contribution in [0.4, 0.5) is 0 Å². The highest BCUT2D eigenvalue weighted by atomic mass is 32.1. The Morgan fingerprint density at radius 1 is 1.57 bits per heavy atom. The molecule has 0 aliphatic heterocycles. The van der Waals surface area contributed by atoms with Crippen molar-refractivity contribution >= 4 is 11.3 Å². The van der Waals surface area contributed by atoms with E-state index in [1.165, 1.54) is 15.3 Å². The lowest BCUT2D eigenvalue weighted by Crippen LogP contribution is -2.26. The quantitative estimate of drug-likeness (QED) is 0.749. The molecule has 1 atom stereocenters. The minimum absolute atomic E-state index is 0.203. The Hall–Kier alpha value is -0.780. The van der Waals surface area contributed by atoms with Gasteiger partial charge in [-0.3, -0.25) is 5.32 Å². The maximum absolute atomic E-state index is 5.38. The Kier molecular flexibility index (Phi) is 4.19. The summed E-state index contributed by atoms with van der Waals surface area (Å²) in [4.78, 5) is 2.76. The minimum Gasteiger partial charge on any atom is -0.300 e. The smallest absolute Gasteiger partial charge is 0.0686 e. The van der Waals surface area contributed by atoms with Crippen LogP contribution in [-0.4, -0.2) is 6.04 Å². The molecule has 0 fully saturated rings. The fourth-order valence-corrected chi connectivity index (χ4v) is 2.36. The van der Waals surface area contributed by atoms with Gasteiger partial charge in [-0.2, -0.15) is 0 Å². The Morgan fingerprint density at radius 2 is 2.29 bits per heavy atom. The Labute approximate surface area is 90.5 Å². The van der Waals surface area contributed by atoms with Crippen LogP contribution in [0.1, 0.15) is 28.7 Å². The molecule has 0 saturated carbocycles. The van der Waals surface area contributed by atoms with Crippen molar-refractivity contribution in [3.63, 3.8) is 0 Å². The summed E-state index contributed by atoms with van der Waals surface area (Å²) in [5, 5.41) is 3.36. The topological polar surface area (TPSA) is 12.0 Å². The zero-order valence-electron chi connectivity index (χ0n) is 9.05. The second-order valence-corrected chi connectivity index (χ2v) is 4.91. The number of thiophene rings is 1. The molecule has 1 aromatic rings. The van der Waals surface area contributed by atoms with Gasteiger partial charge in [0.2, 0.25) is 0 Å². The third-order valence-corrected chi connectivity index (χ3v) is 3.30. The lowest BCUT2D eigenvalue weighted by molar-refractivity contribution is 0.592. The highest BCUT2D eigenvalue weighted by molar-refractivity contribution is 7.12. The SMILES string of the molecule is C#CC(CC)NCc1cc(C)sc1C. The molecule has 1 heterocycles. The maximum atomic E-state index is 5.38. The van der Waals surface area contributed by atoms with Crippen LogP contribution in [0.3, 0.4) is 0 Å². The summed E-state index contributed by atoms with van der Waals surface area (Å²) >= 11 is 1.84. The number of aryl methyl sites for hydroxylation is 2. The first-order chi connectivity index (χ1) is 6.67. The molecular weight excluding hydrogens is 190 g/mol. The standard InChI is InChI=1S/C12H17NS/c1-5-12(6-2)13-8-11-7-9(3)14-10(11)4/h1,7,12-13H,6,8H2,2-4H3. The number of nitrogens with one attached hydrogen (secondary N) is 1. The molecule has 1 rings (SSSR count). The van der Waals surface area contributed by atoms with Gasteiger partial charge in [-0.15, -0.1) is 17.8 Å². The number of terminal acetylenes is 1. The summed E-state index contributed by atoms with van der Waals surface area (Å²) in [6, 6.07) is 2.44. The molecule has 0 radical (unpaired) electrons. The molecule has 2 heteroatoms. The summed E-state index contributed by atoms with van der Waals surface area (Å²) in [5.74, 6) is 2.74. The molecule has 1 unspecified atom stereocenters. The number of hydrogen-bond donors (Lipinski definition) is 1. The molecule has 14 heavy (non-hydrogen) atoms. The van der Waals surface area contributed by atoms with Crippen molar-refractivity contribution in [3.05, 3.63) is 21.4 Å². The number of rotatable bonds is 4. The third-order valence-electron chi connectivity index (χ3n) is 2.29. The van der Waals surface area contributed by atoms with Crippen molar-refractivity contribution in [2.75, 3.05) is 0 Å². The second-order valence-electron chi connectivity index (χ2n) is 3.45. The average molecular weight is 207 g/mol. The van der Waals surface area contributed by atoms with Gasteiger partial charge in [-0.25, -0.2) is 0 Å². The van der Waals surface area contributed by atoms with Crippen LogP contribution in [0.2, 0.25) is 0 Å². The predicted molar refractivity (Wildman–Crippen MR) is 63.5 cm³/mol. The van der Waals surface area contributed by atoms with E-state index < -0.39 is 0 Å². The van der Waals surface area contributed by atoms with Gasteiger partial charge in [0.15, 0.2) is 0 Å². The van der Waals surface area contributed by atoms with Crippen LogP contribution in [-0.2, 0) is 6.54 Å². The molecule has 0 spiro atoms. The zero-order chi connectivity index (χ0) is 10.6. The van der Waals surface area contributed by atoms with Gasteiger partial charge in [0.1, 0.15) is 0 Å². The summed E-state index contributed by atoms with van der Waals surface area (Å²) in [6.45, 7) is 7.29. The molecule has 0 aromatic carbocycles. The predicted octanol–water partition coefficient (Wildman–Crippen LogP) is 2.87. The van der Waals surface area contributed by atoms with E-state index >= 15 is 0 Å². The van der Waals surface area contributed by atoms with Gasteiger partial charge in [0.25, 0.3) is 0 Å². The van der Waals surface area contributed by atoms with E-state index in [1.54, 1.807) is 0 Å². The van der Waals surface area contributed by atoms with Gasteiger partial charge >= 0.3 is 0 Å². The normalized spacial score (nSPS) is 12.4. The van der Waals surface area contributed by atoms with Gasteiger partial charge in [0.05, 0.1) is 6.04 Å². The highest BCUT2D eigenvalue weighted by Gasteiger charge is 2.05. The lowest BCUT2D eigenvalue weighted by Gasteiger charge is -2.09. The Morgan fingerprint density at radius 3 is 2.71 bits per heavy atom. The fraction of sp³-hybridized carbons (Fsp3) is 0.500. The maximum Gasteiger partial charge on any atom is 0.0686 e. The van der Waals surface area contributed by atoms with E-state index in [0.29, 0.717) is 0 Å². The van der Waals surface area contributed by atoms with Crippen molar-refractivity contribution in [2.45, 2.75) is 39.8 Å². The van der Waals surface area contributed by atoms with Crippen molar-refractivity contribution < 1.29 is 0 Å². The van der Waals surface area contributed by atoms with E-state index in [4.69, 9.17) is 6.42 Å². The van der Waals surface area contributed by atoms with Gasteiger partial charge in [-0.05, 0) is 31.9 Å². The van der Waals surface area contributed by atoms with Crippen LogP contribution in [0.25, 0.3) is 0 Å². The summed E-state index contributed by atoms with van der Waals surface area (Å²) in [5.41, 5.74) is 1.38. The van der Waals surface area contributed by atoms with Crippen LogP contribution in [0.15, 0.2) is 6.07 Å². The van der Waals surface area contributed by atoms with Crippen molar-refractivity contribution in [2.24, 2.45) is 0 Å². The molecule has 0 aliphatic rings. The molecule has 1 N–H and O–H groups in total. The molecule has 76 valence electrons. The highest BCUT2D eigenvalue weighted by Crippen LogP contribution is 2.20. The molecule has 0 bridgehead atoms. The second kappa shape index (κ2) is 5.19. The summed E-state index contributed by atoms with van der Waals surface area (Å²) in [6.07, 6.45) is 6.37. The first-order valence-electron chi connectivity index (χ1n) is 4.92.